The van der Waals surface area contributed by atoms with Crippen molar-refractivity contribution in [2.75, 3.05) is 11.9 Å². The Morgan fingerprint density at radius 1 is 1.00 bits per heavy atom. The molecular weight excluding hydrogens is 489 g/mol. The number of rotatable bonds is 7. The summed E-state index contributed by atoms with van der Waals surface area (Å²) in [7, 11) is 0. The summed E-state index contributed by atoms with van der Waals surface area (Å²) in [5.41, 5.74) is 1.96. The normalized spacial score (nSPS) is 12.1. The van der Waals surface area contributed by atoms with Crippen molar-refractivity contribution in [3.05, 3.63) is 72.3 Å². The Hall–Kier alpha value is -2.25. The molecule has 3 N–H and O–H groups in total. The lowest BCUT2D eigenvalue weighted by Gasteiger charge is -2.28. The van der Waals surface area contributed by atoms with E-state index in [0.29, 0.717) is 5.75 Å². The molecule has 0 radical (unpaired) electrons. The number of alkyl halides is 3. The van der Waals surface area contributed by atoms with Crippen LogP contribution in [0.5, 0.6) is 5.75 Å². The first kappa shape index (κ1) is 24.4. The largest absolute Gasteiger partial charge is 0.484 e. The fourth-order valence-electron chi connectivity index (χ4n) is 3.00. The van der Waals surface area contributed by atoms with Crippen LogP contribution in [0, 0.1) is 0 Å². The fraction of sp³-hybridized carbons (Fsp3) is 0.217. The predicted octanol–water partition coefficient (Wildman–Crippen LogP) is 5.58. The van der Waals surface area contributed by atoms with Gasteiger partial charge in [0.2, 0.25) is 3.79 Å². The summed E-state index contributed by atoms with van der Waals surface area (Å²) in [6.45, 7) is 1.82. The molecule has 0 aromatic heterocycles. The lowest BCUT2D eigenvalue weighted by molar-refractivity contribution is -0.123. The second-order valence-corrected chi connectivity index (χ2v) is 9.73. The quantitative estimate of drug-likeness (QED) is 0.220. The van der Waals surface area contributed by atoms with E-state index in [1.165, 1.54) is 5.56 Å². The lowest BCUT2D eigenvalue weighted by atomic mass is 10.1. The summed E-state index contributed by atoms with van der Waals surface area (Å²) in [5.74, 6) is 0.102. The second kappa shape index (κ2) is 11.1. The third kappa shape index (κ3) is 6.87. The van der Waals surface area contributed by atoms with E-state index >= 15 is 0 Å². The number of carbonyl (C=O) groups is 1. The number of hydrogen-bond acceptors (Lipinski definition) is 3. The maximum absolute atomic E-state index is 12.4. The smallest absolute Gasteiger partial charge is 0.259 e. The van der Waals surface area contributed by atoms with Crippen LogP contribution in [-0.2, 0) is 11.2 Å². The van der Waals surface area contributed by atoms with Crippen molar-refractivity contribution in [1.82, 2.24) is 10.6 Å². The van der Waals surface area contributed by atoms with Crippen LogP contribution in [0.4, 0.5) is 5.69 Å². The van der Waals surface area contributed by atoms with Gasteiger partial charge in [0.05, 0.1) is 0 Å². The number of carbonyl (C=O) groups excluding carboxylic acids is 1. The van der Waals surface area contributed by atoms with Gasteiger partial charge < -0.3 is 20.7 Å². The average Bonchev–Trinajstić information content (AvgIpc) is 2.77. The summed E-state index contributed by atoms with van der Waals surface area (Å²) in [6.07, 6.45) is -0.162. The van der Waals surface area contributed by atoms with Gasteiger partial charge in [0.1, 0.15) is 11.9 Å². The second-order valence-electron chi connectivity index (χ2n) is 6.95. The first-order chi connectivity index (χ1) is 15.3. The zero-order chi connectivity index (χ0) is 23.1. The number of fused-ring (bicyclic) bond motifs is 1. The van der Waals surface area contributed by atoms with Gasteiger partial charge in [0, 0.05) is 11.1 Å². The summed E-state index contributed by atoms with van der Waals surface area (Å²) < 4.78 is 3.65. The first-order valence-electron chi connectivity index (χ1n) is 9.89. The first-order valence-corrected chi connectivity index (χ1v) is 11.4. The van der Waals surface area contributed by atoms with E-state index < -0.39 is 15.9 Å². The number of benzene rings is 3. The van der Waals surface area contributed by atoms with Gasteiger partial charge in [-0.25, -0.2) is 0 Å². The van der Waals surface area contributed by atoms with E-state index in [2.05, 4.69) is 22.9 Å². The third-order valence-corrected chi connectivity index (χ3v) is 5.52. The predicted molar refractivity (Wildman–Crippen MR) is 137 cm³/mol. The van der Waals surface area contributed by atoms with E-state index in [0.717, 1.165) is 22.9 Å². The molecule has 0 spiro atoms. The standard InChI is InChI=1S/C23H22Cl3N3O2S/c1-2-15-10-12-17(13-11-15)31-14-20(30)28-21(23(24,25)26)29-22(32)27-19-9-5-7-16-6-3-4-8-18(16)19/h3-13,21H,2,14H2,1H3,(H,28,30)(H2,27,29,32)/t21-/m0/s1. The number of aryl methyl sites for hydroxylation is 1. The Morgan fingerprint density at radius 3 is 2.38 bits per heavy atom. The van der Waals surface area contributed by atoms with E-state index in [9.17, 15) is 4.79 Å². The molecule has 0 fully saturated rings. The van der Waals surface area contributed by atoms with Crippen LogP contribution in [0.2, 0.25) is 0 Å². The highest BCUT2D eigenvalue weighted by Gasteiger charge is 2.34. The van der Waals surface area contributed by atoms with E-state index in [4.69, 9.17) is 51.8 Å². The molecular formula is C23H22Cl3N3O2S. The minimum absolute atomic E-state index is 0.189. The highest BCUT2D eigenvalue weighted by molar-refractivity contribution is 7.80. The molecule has 3 aromatic rings. The summed E-state index contributed by atoms with van der Waals surface area (Å²) in [4.78, 5) is 12.4. The van der Waals surface area contributed by atoms with Crippen molar-refractivity contribution in [2.45, 2.75) is 23.3 Å². The molecule has 0 unspecified atom stereocenters. The molecule has 5 nitrogen and oxygen atoms in total. The van der Waals surface area contributed by atoms with Crippen molar-refractivity contribution in [3.63, 3.8) is 0 Å². The molecule has 0 aliphatic carbocycles. The minimum Gasteiger partial charge on any atom is -0.484 e. The van der Waals surface area contributed by atoms with Crippen molar-refractivity contribution >= 4 is 74.5 Å². The molecule has 1 atom stereocenters. The van der Waals surface area contributed by atoms with Crippen LogP contribution in [0.15, 0.2) is 66.7 Å². The number of hydrogen-bond donors (Lipinski definition) is 3. The Kier molecular flexibility index (Phi) is 8.43. The van der Waals surface area contributed by atoms with Gasteiger partial charge in [0.15, 0.2) is 11.7 Å². The number of ether oxygens (including phenoxy) is 1. The van der Waals surface area contributed by atoms with Crippen molar-refractivity contribution < 1.29 is 9.53 Å². The maximum atomic E-state index is 12.4. The van der Waals surface area contributed by atoms with E-state index in [1.807, 2.05) is 54.6 Å². The van der Waals surface area contributed by atoms with E-state index in [-0.39, 0.29) is 11.7 Å². The van der Waals surface area contributed by atoms with Crippen LogP contribution < -0.4 is 20.7 Å². The summed E-state index contributed by atoms with van der Waals surface area (Å²) in [5, 5.41) is 10.8. The Labute approximate surface area is 207 Å². The van der Waals surface area contributed by atoms with Crippen molar-refractivity contribution in [2.24, 2.45) is 0 Å². The Balaban J connectivity index is 1.60. The van der Waals surface area contributed by atoms with Crippen molar-refractivity contribution in [3.8, 4) is 5.75 Å². The molecule has 32 heavy (non-hydrogen) atoms. The monoisotopic (exact) mass is 509 g/mol. The molecule has 0 bridgehead atoms. The minimum atomic E-state index is -1.86. The number of thiocarbonyl (C=S) groups is 1. The number of halogens is 3. The number of nitrogens with one attached hydrogen (secondary N) is 3. The van der Waals surface area contributed by atoms with Gasteiger partial charge in [-0.05, 0) is 47.8 Å². The number of anilines is 1. The SMILES string of the molecule is CCc1ccc(OCC(=O)N[C@@H](NC(=S)Nc2cccc3ccccc23)C(Cl)(Cl)Cl)cc1. The molecule has 9 heteroatoms. The third-order valence-electron chi connectivity index (χ3n) is 4.65. The fourth-order valence-corrected chi connectivity index (χ4v) is 3.55. The maximum Gasteiger partial charge on any atom is 0.259 e. The van der Waals surface area contributed by atoms with E-state index in [1.54, 1.807) is 12.1 Å². The Bertz CT molecular complexity index is 1080. The molecule has 0 aliphatic heterocycles. The van der Waals surface area contributed by atoms with Crippen LogP contribution in [0.3, 0.4) is 0 Å². The van der Waals surface area contributed by atoms with Crippen LogP contribution >= 0.6 is 47.0 Å². The zero-order valence-corrected chi connectivity index (χ0v) is 20.3. The highest BCUT2D eigenvalue weighted by atomic mass is 35.6. The highest BCUT2D eigenvalue weighted by Crippen LogP contribution is 2.29. The molecule has 1 amide bonds. The molecule has 0 saturated carbocycles. The van der Waals surface area contributed by atoms with Crippen LogP contribution in [-0.4, -0.2) is 27.6 Å². The lowest BCUT2D eigenvalue weighted by Crippen LogP contribution is -2.57. The zero-order valence-electron chi connectivity index (χ0n) is 17.2. The summed E-state index contributed by atoms with van der Waals surface area (Å²) >= 11 is 23.6. The van der Waals surface area contributed by atoms with Crippen LogP contribution in [0.1, 0.15) is 12.5 Å². The topological polar surface area (TPSA) is 62.4 Å². The van der Waals surface area contributed by atoms with Crippen LogP contribution in [0.25, 0.3) is 10.8 Å². The van der Waals surface area contributed by atoms with Gasteiger partial charge in [0.25, 0.3) is 5.91 Å². The van der Waals surface area contributed by atoms with Gasteiger partial charge in [-0.2, -0.15) is 0 Å². The molecule has 0 heterocycles. The molecule has 0 aliphatic rings. The van der Waals surface area contributed by atoms with Gasteiger partial charge in [-0.15, -0.1) is 0 Å². The van der Waals surface area contributed by atoms with Crippen molar-refractivity contribution in [1.29, 1.82) is 0 Å². The molecule has 0 saturated heterocycles. The van der Waals surface area contributed by atoms with Gasteiger partial charge in [-0.3, -0.25) is 4.79 Å². The van der Waals surface area contributed by atoms with Gasteiger partial charge in [-0.1, -0.05) is 90.3 Å². The average molecular weight is 511 g/mol. The number of amides is 1. The molecule has 3 rings (SSSR count). The Morgan fingerprint density at radius 2 is 1.69 bits per heavy atom. The molecule has 168 valence electrons. The molecule has 3 aromatic carbocycles. The summed E-state index contributed by atoms with van der Waals surface area (Å²) in [6, 6.07) is 21.1. The van der Waals surface area contributed by atoms with Gasteiger partial charge >= 0.3 is 0 Å².